The monoisotopic (exact) mass is 438 g/mol. The zero-order chi connectivity index (χ0) is 22.8. The molecular weight excluding hydrogens is 404 g/mol. The molecule has 0 saturated heterocycles. The fraction of sp³-hybridized carbons (Fsp3) is 0.423. The van der Waals surface area contributed by atoms with E-state index in [-0.39, 0.29) is 12.7 Å². The van der Waals surface area contributed by atoms with E-state index in [1.165, 1.54) is 0 Å². The van der Waals surface area contributed by atoms with Crippen LogP contribution < -0.4 is 14.8 Å². The van der Waals surface area contributed by atoms with Crippen LogP contribution in [-0.2, 0) is 4.74 Å². The predicted octanol–water partition coefficient (Wildman–Crippen LogP) is 4.35. The van der Waals surface area contributed by atoms with Crippen LogP contribution in [0.3, 0.4) is 0 Å². The summed E-state index contributed by atoms with van der Waals surface area (Å²) >= 11 is 0. The van der Waals surface area contributed by atoms with Crippen molar-refractivity contribution in [3.63, 3.8) is 0 Å². The maximum Gasteiger partial charge on any atom is 0.253 e. The largest absolute Gasteiger partial charge is 0.493 e. The molecule has 0 unspecified atom stereocenters. The summed E-state index contributed by atoms with van der Waals surface area (Å²) in [5.74, 6) is 1.61. The number of rotatable bonds is 7. The molecule has 2 aromatic carbocycles. The standard InChI is InChI=1S/C26H34N2O4/c1-4-28(5-2)26(29)21-11-9-20(10-12-21)23-8-6-15-27-16-7-17-31-25-14-13-22(18-24(23)25)32-19-30-3/h8-14,18,27H,4-7,15-17,19H2,1-3H3/b23-8-. The Kier molecular flexibility index (Phi) is 9.13. The zero-order valence-electron chi connectivity index (χ0n) is 19.4. The third kappa shape index (κ3) is 6.11. The first-order chi connectivity index (χ1) is 15.7. The highest BCUT2D eigenvalue weighted by Gasteiger charge is 2.16. The molecule has 0 spiro atoms. The van der Waals surface area contributed by atoms with Crippen LogP contribution in [0.2, 0.25) is 0 Å². The Bertz CT molecular complexity index is 905. The highest BCUT2D eigenvalue weighted by Crippen LogP contribution is 2.35. The van der Waals surface area contributed by atoms with Crippen molar-refractivity contribution in [2.24, 2.45) is 0 Å². The van der Waals surface area contributed by atoms with E-state index in [4.69, 9.17) is 14.2 Å². The Morgan fingerprint density at radius 1 is 1.09 bits per heavy atom. The van der Waals surface area contributed by atoms with E-state index in [1.54, 1.807) is 7.11 Å². The fourth-order valence-electron chi connectivity index (χ4n) is 3.75. The maximum atomic E-state index is 12.7. The van der Waals surface area contributed by atoms with Crippen LogP contribution in [-0.4, -0.2) is 57.5 Å². The van der Waals surface area contributed by atoms with Gasteiger partial charge in [-0.05, 0) is 81.2 Å². The summed E-state index contributed by atoms with van der Waals surface area (Å²) < 4.78 is 16.9. The molecule has 0 radical (unpaired) electrons. The molecule has 2 aromatic rings. The Morgan fingerprint density at radius 2 is 1.88 bits per heavy atom. The van der Waals surface area contributed by atoms with Gasteiger partial charge in [0.1, 0.15) is 11.5 Å². The van der Waals surface area contributed by atoms with Crippen molar-refractivity contribution in [3.8, 4) is 11.5 Å². The van der Waals surface area contributed by atoms with E-state index < -0.39 is 0 Å². The summed E-state index contributed by atoms with van der Waals surface area (Å²) in [6.07, 6.45) is 4.05. The second-order valence-electron chi connectivity index (χ2n) is 7.62. The number of benzene rings is 2. The summed E-state index contributed by atoms with van der Waals surface area (Å²) in [6, 6.07) is 13.7. The summed E-state index contributed by atoms with van der Waals surface area (Å²) in [5.41, 5.74) is 3.77. The minimum atomic E-state index is 0.0566. The topological polar surface area (TPSA) is 60.0 Å². The summed E-state index contributed by atoms with van der Waals surface area (Å²) in [7, 11) is 1.60. The van der Waals surface area contributed by atoms with Crippen LogP contribution in [0.25, 0.3) is 5.57 Å². The van der Waals surface area contributed by atoms with Crippen molar-refractivity contribution in [1.29, 1.82) is 0 Å². The predicted molar refractivity (Wildman–Crippen MR) is 127 cm³/mol. The average molecular weight is 439 g/mol. The molecule has 1 aliphatic rings. The van der Waals surface area contributed by atoms with Crippen molar-refractivity contribution >= 4 is 11.5 Å². The van der Waals surface area contributed by atoms with Gasteiger partial charge in [-0.25, -0.2) is 0 Å². The number of fused-ring (bicyclic) bond motifs is 1. The van der Waals surface area contributed by atoms with E-state index in [9.17, 15) is 4.79 Å². The van der Waals surface area contributed by atoms with E-state index in [0.717, 1.165) is 54.1 Å². The maximum absolute atomic E-state index is 12.7. The van der Waals surface area contributed by atoms with Crippen molar-refractivity contribution in [2.45, 2.75) is 26.7 Å². The number of hydrogen-bond acceptors (Lipinski definition) is 5. The Morgan fingerprint density at radius 3 is 2.59 bits per heavy atom. The third-order valence-corrected chi connectivity index (χ3v) is 5.50. The molecule has 1 aliphatic heterocycles. The van der Waals surface area contributed by atoms with Crippen molar-refractivity contribution in [3.05, 3.63) is 65.2 Å². The molecule has 3 rings (SSSR count). The number of hydrogen-bond donors (Lipinski definition) is 1. The van der Waals surface area contributed by atoms with Crippen molar-refractivity contribution in [1.82, 2.24) is 10.2 Å². The van der Waals surface area contributed by atoms with E-state index >= 15 is 0 Å². The van der Waals surface area contributed by atoms with Crippen LogP contribution in [0.15, 0.2) is 48.5 Å². The summed E-state index contributed by atoms with van der Waals surface area (Å²) in [4.78, 5) is 14.5. The van der Waals surface area contributed by atoms with Crippen LogP contribution in [0.1, 0.15) is 48.2 Å². The van der Waals surface area contributed by atoms with Gasteiger partial charge >= 0.3 is 0 Å². The number of carbonyl (C=O) groups excluding carboxylic acids is 1. The normalized spacial score (nSPS) is 16.0. The van der Waals surface area contributed by atoms with Crippen molar-refractivity contribution in [2.75, 3.05) is 46.7 Å². The first-order valence-corrected chi connectivity index (χ1v) is 11.4. The molecule has 32 heavy (non-hydrogen) atoms. The summed E-state index contributed by atoms with van der Waals surface area (Å²) in [6.45, 7) is 8.05. The second-order valence-corrected chi connectivity index (χ2v) is 7.62. The molecular formula is C26H34N2O4. The molecule has 6 nitrogen and oxygen atoms in total. The van der Waals surface area contributed by atoms with Gasteiger partial charge in [-0.15, -0.1) is 0 Å². The van der Waals surface area contributed by atoms with Crippen molar-refractivity contribution < 1.29 is 19.0 Å². The molecule has 172 valence electrons. The number of methoxy groups -OCH3 is 1. The number of nitrogens with zero attached hydrogens (tertiary/aromatic N) is 1. The highest BCUT2D eigenvalue weighted by molar-refractivity contribution is 5.95. The molecule has 0 aliphatic carbocycles. The lowest BCUT2D eigenvalue weighted by Gasteiger charge is -2.19. The van der Waals surface area contributed by atoms with Gasteiger partial charge in [0.15, 0.2) is 6.79 Å². The minimum Gasteiger partial charge on any atom is -0.493 e. The molecule has 6 heteroatoms. The molecule has 0 aromatic heterocycles. The van der Waals surface area contributed by atoms with Gasteiger partial charge in [0, 0.05) is 31.3 Å². The summed E-state index contributed by atoms with van der Waals surface area (Å²) in [5, 5.41) is 3.45. The number of carbonyl (C=O) groups is 1. The zero-order valence-corrected chi connectivity index (χ0v) is 19.4. The highest BCUT2D eigenvalue weighted by atomic mass is 16.7. The van der Waals surface area contributed by atoms with Gasteiger partial charge in [-0.2, -0.15) is 0 Å². The number of ether oxygens (including phenoxy) is 3. The van der Waals surface area contributed by atoms with E-state index in [0.29, 0.717) is 25.3 Å². The minimum absolute atomic E-state index is 0.0566. The molecule has 1 N–H and O–H groups in total. The second kappa shape index (κ2) is 12.3. The Labute approximate surface area is 191 Å². The van der Waals surface area contributed by atoms with Gasteiger partial charge in [-0.1, -0.05) is 18.2 Å². The van der Waals surface area contributed by atoms with E-state index in [2.05, 4.69) is 11.4 Å². The molecule has 0 saturated carbocycles. The van der Waals surface area contributed by atoms with Gasteiger partial charge in [0.25, 0.3) is 5.91 Å². The van der Waals surface area contributed by atoms with Crippen LogP contribution in [0, 0.1) is 0 Å². The molecule has 0 bridgehead atoms. The smallest absolute Gasteiger partial charge is 0.253 e. The molecule has 0 atom stereocenters. The van der Waals surface area contributed by atoms with Gasteiger partial charge in [0.05, 0.1) is 6.61 Å². The average Bonchev–Trinajstić information content (AvgIpc) is 2.87. The van der Waals surface area contributed by atoms with Crippen LogP contribution >= 0.6 is 0 Å². The molecule has 0 fully saturated rings. The third-order valence-electron chi connectivity index (χ3n) is 5.50. The SMILES string of the molecule is CCN(CC)C(=O)c1ccc(/C2=C/CCNCCCOc3ccc(OCOC)cc32)cc1. The van der Waals surface area contributed by atoms with E-state index in [1.807, 2.05) is 61.2 Å². The molecule has 1 heterocycles. The van der Waals surface area contributed by atoms with Gasteiger partial charge in [-0.3, -0.25) is 4.79 Å². The first-order valence-electron chi connectivity index (χ1n) is 11.4. The number of nitrogens with one attached hydrogen (secondary N) is 1. The Hall–Kier alpha value is -2.83. The van der Waals surface area contributed by atoms with Crippen LogP contribution in [0.5, 0.6) is 11.5 Å². The van der Waals surface area contributed by atoms with Gasteiger partial charge in [0.2, 0.25) is 0 Å². The first kappa shape index (κ1) is 23.8. The lowest BCUT2D eigenvalue weighted by molar-refractivity contribution is 0.0510. The quantitative estimate of drug-likeness (QED) is 0.652. The lowest BCUT2D eigenvalue weighted by Crippen LogP contribution is -2.30. The fourth-order valence-corrected chi connectivity index (χ4v) is 3.75. The molecule has 1 amide bonds. The number of amides is 1. The Balaban J connectivity index is 1.99. The van der Waals surface area contributed by atoms with Gasteiger partial charge < -0.3 is 24.4 Å². The lowest BCUT2D eigenvalue weighted by atomic mass is 9.94. The van der Waals surface area contributed by atoms with Crippen LogP contribution in [0.4, 0.5) is 0 Å².